The van der Waals surface area contributed by atoms with E-state index in [2.05, 4.69) is 83.3 Å². The summed E-state index contributed by atoms with van der Waals surface area (Å²) in [5.74, 6) is -2.43. The van der Waals surface area contributed by atoms with E-state index >= 15 is 0 Å². The molecule has 0 radical (unpaired) electrons. The number of carbonyl (C=O) groups excluding carboxylic acids is 5. The molecule has 1 aliphatic heterocycles. The van der Waals surface area contributed by atoms with Gasteiger partial charge in [0.05, 0.1) is 39.0 Å². The molecule has 0 aromatic heterocycles. The lowest BCUT2D eigenvalue weighted by molar-refractivity contribution is -0.143. The molecule has 1 fully saturated rings. The van der Waals surface area contributed by atoms with Crippen molar-refractivity contribution in [3.8, 4) is 0 Å². The molecule has 0 aliphatic carbocycles. The molecule has 3 unspecified atom stereocenters. The lowest BCUT2D eigenvalue weighted by atomic mass is 9.90. The minimum atomic E-state index is -2.00. The largest absolute Gasteiger partial charge is 0.393 e. The molecule has 0 bridgehead atoms. The monoisotopic (exact) mass is 757 g/mol. The lowest BCUT2D eigenvalue weighted by Gasteiger charge is -2.27. The summed E-state index contributed by atoms with van der Waals surface area (Å²) < 4.78 is 5.16. The zero-order chi connectivity index (χ0) is 40.9. The smallest absolute Gasteiger partial charge is 0.243 e. The number of hydrogen-bond donors (Lipinski definition) is 6. The highest BCUT2D eigenvalue weighted by atomic mass is 16.5. The molecule has 13 nitrogen and oxygen atoms in total. The van der Waals surface area contributed by atoms with E-state index in [-0.39, 0.29) is 24.8 Å². The number of morpholine rings is 1. The minimum Gasteiger partial charge on any atom is -0.393 e. The van der Waals surface area contributed by atoms with Crippen molar-refractivity contribution in [1.82, 2.24) is 26.2 Å². The molecule has 6 N–H and O–H groups in total. The fourth-order valence-corrected chi connectivity index (χ4v) is 4.94. The van der Waals surface area contributed by atoms with E-state index in [1.54, 1.807) is 0 Å². The Hall–Kier alpha value is -4.17. The average molecular weight is 758 g/mol. The van der Waals surface area contributed by atoms with Crippen molar-refractivity contribution in [2.75, 3.05) is 52.5 Å². The van der Waals surface area contributed by atoms with Crippen molar-refractivity contribution in [3.63, 3.8) is 0 Å². The van der Waals surface area contributed by atoms with Gasteiger partial charge in [-0.3, -0.25) is 28.9 Å². The number of carbonyl (C=O) groups is 5. The number of aliphatic hydroxyl groups is 2. The van der Waals surface area contributed by atoms with E-state index in [0.717, 1.165) is 39.6 Å². The number of benzene rings is 2. The van der Waals surface area contributed by atoms with Crippen LogP contribution < -0.4 is 21.3 Å². The standard InChI is InChI=1S/C20H36N4O7.C8H10.C7H8.C6H13NO/c1-12(2)6-14(18(29)20(5,31)10-25)23-17(28)9-22-19(30)15(7-13(3)4)24-16(27)8-21-11-26;1-2-8-6-4-3-5-7-8;1-7-5-3-2-4-6-7;1-2-7-3-5-8-6-4-7/h11-15,25,31H,6-10H2,1-5H3,(H,21,26)(H,22,30)(H,23,28)(H,24,27);3-7H,2H2,1H3;2-6H,1H3;2-6H2,1H3. The molecule has 13 heteroatoms. The van der Waals surface area contributed by atoms with Crippen LogP contribution >= 0.6 is 0 Å². The molecule has 1 heterocycles. The first-order valence-corrected chi connectivity index (χ1v) is 18.9. The number of Topliss-reactive ketones (excluding diaryl/α,β-unsaturated/α-hetero) is 1. The summed E-state index contributed by atoms with van der Waals surface area (Å²) in [6, 6.07) is 18.8. The zero-order valence-corrected chi connectivity index (χ0v) is 33.7. The molecule has 2 aromatic carbocycles. The third-order valence-electron chi connectivity index (χ3n) is 8.07. The highest BCUT2D eigenvalue weighted by molar-refractivity contribution is 5.96. The summed E-state index contributed by atoms with van der Waals surface area (Å²) in [6.07, 6.45) is 2.06. The maximum absolute atomic E-state index is 12.5. The van der Waals surface area contributed by atoms with Gasteiger partial charge in [-0.2, -0.15) is 0 Å². The molecule has 3 rings (SSSR count). The number of rotatable bonds is 17. The Morgan fingerprint density at radius 2 is 1.33 bits per heavy atom. The summed E-state index contributed by atoms with van der Waals surface area (Å²) in [4.78, 5) is 61.7. The van der Waals surface area contributed by atoms with Crippen molar-refractivity contribution >= 4 is 29.9 Å². The molecule has 4 amide bonds. The van der Waals surface area contributed by atoms with Crippen molar-refractivity contribution in [1.29, 1.82) is 0 Å². The average Bonchev–Trinajstić information content (AvgIpc) is 3.16. The number of likely N-dealkylation sites (N-methyl/N-ethyl adjacent to an activating group) is 1. The number of hydrogen-bond acceptors (Lipinski definition) is 9. The van der Waals surface area contributed by atoms with Gasteiger partial charge in [-0.1, -0.05) is 108 Å². The molecule has 1 saturated heterocycles. The van der Waals surface area contributed by atoms with Crippen LogP contribution in [0, 0.1) is 18.8 Å². The van der Waals surface area contributed by atoms with E-state index in [9.17, 15) is 34.2 Å². The molecular formula is C41H67N5O8. The lowest BCUT2D eigenvalue weighted by Crippen LogP contribution is -2.55. The number of amides is 4. The van der Waals surface area contributed by atoms with Crippen LogP contribution in [-0.2, 0) is 35.1 Å². The predicted octanol–water partition coefficient (Wildman–Crippen LogP) is 2.81. The van der Waals surface area contributed by atoms with Gasteiger partial charge in [0.15, 0.2) is 5.78 Å². The van der Waals surface area contributed by atoms with Gasteiger partial charge in [-0.15, -0.1) is 0 Å². The number of aliphatic hydroxyl groups excluding tert-OH is 1. The van der Waals surface area contributed by atoms with Gasteiger partial charge in [-0.05, 0) is 57.1 Å². The Morgan fingerprint density at radius 3 is 1.74 bits per heavy atom. The second-order valence-corrected chi connectivity index (χ2v) is 14.1. The Labute approximate surface area is 323 Å². The number of aryl methyl sites for hydroxylation is 2. The SMILES string of the molecule is CC(C)CC(NC(=O)CNC=O)C(=O)NCC(=O)NC(CC(C)C)C(=O)C(C)(O)CO.CCN1CCOCC1.CCc1ccccc1.Cc1ccccc1. The number of ether oxygens (including phenoxy) is 1. The highest BCUT2D eigenvalue weighted by Crippen LogP contribution is 2.14. The van der Waals surface area contributed by atoms with Gasteiger partial charge in [-0.25, -0.2) is 0 Å². The predicted molar refractivity (Wildman–Crippen MR) is 212 cm³/mol. The first-order valence-electron chi connectivity index (χ1n) is 18.9. The van der Waals surface area contributed by atoms with Crippen LogP contribution in [0.25, 0.3) is 0 Å². The minimum absolute atomic E-state index is 0.0175. The summed E-state index contributed by atoms with van der Waals surface area (Å²) >= 11 is 0. The number of nitrogens with zero attached hydrogens (tertiary/aromatic N) is 1. The van der Waals surface area contributed by atoms with Crippen molar-refractivity contribution in [2.24, 2.45) is 11.8 Å². The molecule has 0 spiro atoms. The molecule has 54 heavy (non-hydrogen) atoms. The van der Waals surface area contributed by atoms with Crippen molar-refractivity contribution in [3.05, 3.63) is 71.8 Å². The summed E-state index contributed by atoms with van der Waals surface area (Å²) in [6.45, 7) is 18.7. The topological polar surface area (TPSA) is 186 Å². The van der Waals surface area contributed by atoms with Crippen LogP contribution in [0.1, 0.15) is 72.4 Å². The fourth-order valence-electron chi connectivity index (χ4n) is 4.94. The van der Waals surface area contributed by atoms with Gasteiger partial charge in [0.2, 0.25) is 24.1 Å². The van der Waals surface area contributed by atoms with Crippen LogP contribution in [-0.4, -0.2) is 115 Å². The van der Waals surface area contributed by atoms with Crippen LogP contribution in [0.15, 0.2) is 60.7 Å². The third-order valence-corrected chi connectivity index (χ3v) is 8.07. The number of ketones is 1. The first kappa shape index (κ1) is 49.8. The summed E-state index contributed by atoms with van der Waals surface area (Å²) in [5, 5.41) is 28.8. The van der Waals surface area contributed by atoms with E-state index in [1.807, 2.05) is 52.0 Å². The van der Waals surface area contributed by atoms with Crippen LogP contribution in [0.4, 0.5) is 0 Å². The van der Waals surface area contributed by atoms with E-state index in [4.69, 9.17) is 4.74 Å². The second-order valence-electron chi connectivity index (χ2n) is 14.1. The van der Waals surface area contributed by atoms with Gasteiger partial charge in [0.25, 0.3) is 0 Å². The maximum Gasteiger partial charge on any atom is 0.243 e. The van der Waals surface area contributed by atoms with Crippen LogP contribution in [0.5, 0.6) is 0 Å². The Morgan fingerprint density at radius 1 is 0.833 bits per heavy atom. The molecule has 304 valence electrons. The van der Waals surface area contributed by atoms with Gasteiger partial charge < -0.3 is 36.2 Å². The molecule has 0 saturated carbocycles. The van der Waals surface area contributed by atoms with Crippen molar-refractivity contribution < 1.29 is 38.9 Å². The fraction of sp³-hybridized carbons (Fsp3) is 0.585. The Kier molecular flexibility index (Phi) is 27.0. The molecule has 2 aromatic rings. The van der Waals surface area contributed by atoms with Crippen LogP contribution in [0.3, 0.4) is 0 Å². The summed E-state index contributed by atoms with van der Waals surface area (Å²) in [7, 11) is 0. The van der Waals surface area contributed by atoms with E-state index in [0.29, 0.717) is 12.8 Å². The molecular weight excluding hydrogens is 690 g/mol. The second kappa shape index (κ2) is 29.2. The van der Waals surface area contributed by atoms with Crippen molar-refractivity contribution in [2.45, 2.75) is 92.3 Å². The Balaban J connectivity index is 0.000000955. The number of nitrogens with one attached hydrogen (secondary N) is 4. The molecule has 3 atom stereocenters. The quantitative estimate of drug-likeness (QED) is 0.132. The Bertz CT molecular complexity index is 1320. The van der Waals surface area contributed by atoms with Gasteiger partial charge in [0.1, 0.15) is 11.6 Å². The zero-order valence-electron chi connectivity index (χ0n) is 33.7. The third kappa shape index (κ3) is 24.2. The van der Waals surface area contributed by atoms with Gasteiger partial charge in [0, 0.05) is 13.1 Å². The highest BCUT2D eigenvalue weighted by Gasteiger charge is 2.36. The van der Waals surface area contributed by atoms with E-state index < -0.39 is 54.3 Å². The van der Waals surface area contributed by atoms with Crippen LogP contribution in [0.2, 0.25) is 0 Å². The summed E-state index contributed by atoms with van der Waals surface area (Å²) in [5.41, 5.74) is 0.730. The normalized spacial score (nSPS) is 14.5. The first-order chi connectivity index (χ1) is 25.6. The molecule has 1 aliphatic rings. The van der Waals surface area contributed by atoms with Gasteiger partial charge >= 0.3 is 0 Å². The van der Waals surface area contributed by atoms with E-state index in [1.165, 1.54) is 17.7 Å². The maximum atomic E-state index is 12.5.